The minimum Gasteiger partial charge on any atom is -0.497 e. The molecular formula is C23H31N3O5S. The number of nitrogens with one attached hydrogen (secondary N) is 1. The first-order valence-corrected chi connectivity index (χ1v) is 10.7. The third kappa shape index (κ3) is 5.46. The van der Waals surface area contributed by atoms with Crippen LogP contribution in [-0.2, 0) is 6.54 Å². The van der Waals surface area contributed by atoms with Crippen LogP contribution >= 0.6 is 12.2 Å². The van der Waals surface area contributed by atoms with E-state index in [1.807, 2.05) is 30.3 Å². The molecule has 2 aromatic carbocycles. The molecule has 1 N–H and O–H groups in total. The van der Waals surface area contributed by atoms with Crippen molar-refractivity contribution >= 4 is 23.0 Å². The second-order valence-corrected chi connectivity index (χ2v) is 7.68. The maximum atomic E-state index is 5.65. The Morgan fingerprint density at radius 2 is 1.44 bits per heavy atom. The topological polar surface area (TPSA) is 64.7 Å². The fourth-order valence-corrected chi connectivity index (χ4v) is 3.98. The maximum Gasteiger partial charge on any atom is 0.203 e. The summed E-state index contributed by atoms with van der Waals surface area (Å²) in [4.78, 5) is 4.55. The number of nitrogens with zero attached hydrogens (tertiary/aromatic N) is 2. The molecule has 0 aromatic heterocycles. The van der Waals surface area contributed by atoms with Gasteiger partial charge in [-0.05, 0) is 42.0 Å². The number of thiocarbonyl (C=S) groups is 1. The molecule has 32 heavy (non-hydrogen) atoms. The van der Waals surface area contributed by atoms with Crippen molar-refractivity contribution in [3.63, 3.8) is 0 Å². The average Bonchev–Trinajstić information content (AvgIpc) is 2.83. The van der Waals surface area contributed by atoms with Gasteiger partial charge in [-0.3, -0.25) is 4.90 Å². The number of rotatable bonds is 8. The van der Waals surface area contributed by atoms with E-state index in [1.54, 1.807) is 35.5 Å². The van der Waals surface area contributed by atoms with Crippen LogP contribution in [0.2, 0.25) is 0 Å². The first-order valence-electron chi connectivity index (χ1n) is 10.3. The zero-order valence-corrected chi connectivity index (χ0v) is 20.1. The summed E-state index contributed by atoms with van der Waals surface area (Å²) in [5.41, 5.74) is 1.93. The van der Waals surface area contributed by atoms with E-state index in [2.05, 4.69) is 15.1 Å². The van der Waals surface area contributed by atoms with E-state index in [0.717, 1.165) is 49.7 Å². The zero-order chi connectivity index (χ0) is 23.1. The van der Waals surface area contributed by atoms with E-state index in [9.17, 15) is 0 Å². The van der Waals surface area contributed by atoms with Crippen LogP contribution in [0.5, 0.6) is 28.7 Å². The van der Waals surface area contributed by atoms with Crippen LogP contribution in [0.25, 0.3) is 0 Å². The second-order valence-electron chi connectivity index (χ2n) is 7.29. The Kier molecular flexibility index (Phi) is 8.24. The molecule has 3 rings (SSSR count). The molecule has 1 aliphatic rings. The largest absolute Gasteiger partial charge is 0.497 e. The molecule has 1 aliphatic heterocycles. The molecule has 9 heteroatoms. The Hall–Kier alpha value is -2.91. The molecule has 0 amide bonds. The van der Waals surface area contributed by atoms with Gasteiger partial charge >= 0.3 is 0 Å². The fourth-order valence-electron chi connectivity index (χ4n) is 3.69. The fraction of sp³-hybridized carbons (Fsp3) is 0.435. The van der Waals surface area contributed by atoms with Gasteiger partial charge in [-0.1, -0.05) is 0 Å². The van der Waals surface area contributed by atoms with Crippen LogP contribution in [0.15, 0.2) is 30.3 Å². The van der Waals surface area contributed by atoms with Crippen LogP contribution in [-0.4, -0.2) is 76.6 Å². The average molecular weight is 462 g/mol. The summed E-state index contributed by atoms with van der Waals surface area (Å²) in [7, 11) is 8.13. The SMILES string of the molecule is COc1ccc(NC(=S)N2CCN(Cc3cc(OC)c(OC)c(OC)c3)CC2)c(OC)c1. The predicted molar refractivity (Wildman–Crippen MR) is 129 cm³/mol. The van der Waals surface area contributed by atoms with Crippen molar-refractivity contribution in [3.05, 3.63) is 35.9 Å². The number of piperazine rings is 1. The molecule has 0 spiro atoms. The van der Waals surface area contributed by atoms with Crippen LogP contribution in [0.3, 0.4) is 0 Å². The summed E-state index contributed by atoms with van der Waals surface area (Å²) in [5, 5.41) is 3.98. The molecule has 8 nitrogen and oxygen atoms in total. The molecule has 0 aliphatic carbocycles. The van der Waals surface area contributed by atoms with Crippen LogP contribution in [0.4, 0.5) is 5.69 Å². The second kappa shape index (κ2) is 11.1. The number of benzene rings is 2. The van der Waals surface area contributed by atoms with Crippen molar-refractivity contribution in [2.45, 2.75) is 6.54 Å². The van der Waals surface area contributed by atoms with Gasteiger partial charge in [0.2, 0.25) is 5.75 Å². The minimum atomic E-state index is 0.606. The summed E-state index contributed by atoms with van der Waals surface area (Å²) in [6.45, 7) is 4.22. The zero-order valence-electron chi connectivity index (χ0n) is 19.3. The first kappa shape index (κ1) is 23.7. The van der Waals surface area contributed by atoms with E-state index < -0.39 is 0 Å². The summed E-state index contributed by atoms with van der Waals surface area (Å²) in [6, 6.07) is 9.61. The smallest absolute Gasteiger partial charge is 0.203 e. The molecule has 1 fully saturated rings. The molecule has 0 atom stereocenters. The van der Waals surface area contributed by atoms with E-state index in [4.69, 9.17) is 35.9 Å². The van der Waals surface area contributed by atoms with Gasteiger partial charge in [0.05, 0.1) is 41.2 Å². The van der Waals surface area contributed by atoms with E-state index in [-0.39, 0.29) is 0 Å². The van der Waals surface area contributed by atoms with Gasteiger partial charge in [0.1, 0.15) is 11.5 Å². The van der Waals surface area contributed by atoms with Crippen LogP contribution in [0, 0.1) is 0 Å². The highest BCUT2D eigenvalue weighted by Gasteiger charge is 2.21. The Morgan fingerprint density at radius 1 is 0.812 bits per heavy atom. The van der Waals surface area contributed by atoms with E-state index >= 15 is 0 Å². The third-order valence-corrected chi connectivity index (χ3v) is 5.80. The lowest BCUT2D eigenvalue weighted by Crippen LogP contribution is -2.49. The molecule has 2 aromatic rings. The minimum absolute atomic E-state index is 0.606. The highest BCUT2D eigenvalue weighted by molar-refractivity contribution is 7.80. The molecule has 0 radical (unpaired) electrons. The predicted octanol–water partition coefficient (Wildman–Crippen LogP) is 3.24. The number of methoxy groups -OCH3 is 5. The third-order valence-electron chi connectivity index (χ3n) is 5.44. The van der Waals surface area contributed by atoms with Crippen LogP contribution < -0.4 is 29.0 Å². The van der Waals surface area contributed by atoms with Crippen molar-refractivity contribution in [3.8, 4) is 28.7 Å². The molecule has 0 bridgehead atoms. The standard InChI is InChI=1S/C23H31N3O5S/c1-27-17-6-7-18(19(14-17)28-2)24-23(32)26-10-8-25(9-11-26)15-16-12-20(29-3)22(31-5)21(13-16)30-4/h6-7,12-14H,8-11,15H2,1-5H3,(H,24,32). The Balaban J connectivity index is 1.59. The Bertz CT molecular complexity index is 907. The van der Waals surface area contributed by atoms with Gasteiger partial charge in [-0.25, -0.2) is 0 Å². The summed E-state index contributed by atoms with van der Waals surface area (Å²) in [6.07, 6.45) is 0. The van der Waals surface area contributed by atoms with Gasteiger partial charge in [0, 0.05) is 38.8 Å². The number of ether oxygens (including phenoxy) is 5. The quantitative estimate of drug-likeness (QED) is 0.597. The van der Waals surface area contributed by atoms with E-state index in [1.165, 1.54) is 0 Å². The van der Waals surface area contributed by atoms with Gasteiger partial charge in [0.25, 0.3) is 0 Å². The lowest BCUT2D eigenvalue weighted by atomic mass is 10.1. The Labute approximate surface area is 194 Å². The van der Waals surface area contributed by atoms with Crippen molar-refractivity contribution in [2.24, 2.45) is 0 Å². The van der Waals surface area contributed by atoms with Crippen LogP contribution in [0.1, 0.15) is 5.56 Å². The molecule has 1 saturated heterocycles. The van der Waals surface area contributed by atoms with Gasteiger partial charge in [-0.15, -0.1) is 0 Å². The summed E-state index contributed by atoms with van der Waals surface area (Å²) < 4.78 is 27.1. The Morgan fingerprint density at radius 3 is 1.97 bits per heavy atom. The molecule has 0 saturated carbocycles. The van der Waals surface area contributed by atoms with Crippen molar-refractivity contribution < 1.29 is 23.7 Å². The molecule has 174 valence electrons. The lowest BCUT2D eigenvalue weighted by Gasteiger charge is -2.36. The molecule has 0 unspecified atom stereocenters. The van der Waals surface area contributed by atoms with Crippen molar-refractivity contribution in [2.75, 3.05) is 67.0 Å². The van der Waals surface area contributed by atoms with Gasteiger partial charge < -0.3 is 33.9 Å². The van der Waals surface area contributed by atoms with E-state index in [0.29, 0.717) is 28.1 Å². The lowest BCUT2D eigenvalue weighted by molar-refractivity contribution is 0.176. The highest BCUT2D eigenvalue weighted by atomic mass is 32.1. The molecular weight excluding hydrogens is 430 g/mol. The summed E-state index contributed by atoms with van der Waals surface area (Å²) in [5.74, 6) is 3.36. The van der Waals surface area contributed by atoms with Crippen molar-refractivity contribution in [1.82, 2.24) is 9.80 Å². The highest BCUT2D eigenvalue weighted by Crippen LogP contribution is 2.38. The number of anilines is 1. The monoisotopic (exact) mass is 461 g/mol. The van der Waals surface area contributed by atoms with Gasteiger partial charge in [-0.2, -0.15) is 0 Å². The molecule has 1 heterocycles. The number of hydrogen-bond donors (Lipinski definition) is 1. The normalized spacial score (nSPS) is 14.0. The summed E-state index contributed by atoms with van der Waals surface area (Å²) >= 11 is 5.65. The maximum absolute atomic E-state index is 5.65. The number of hydrogen-bond acceptors (Lipinski definition) is 7. The first-order chi connectivity index (χ1) is 15.5. The van der Waals surface area contributed by atoms with Crippen molar-refractivity contribution in [1.29, 1.82) is 0 Å². The van der Waals surface area contributed by atoms with Gasteiger partial charge in [0.15, 0.2) is 16.6 Å².